The average molecular weight is 220 g/mol. The van der Waals surface area contributed by atoms with Gasteiger partial charge in [-0.25, -0.2) is 0 Å². The van der Waals surface area contributed by atoms with Crippen LogP contribution in [0.4, 0.5) is 5.69 Å². The van der Waals surface area contributed by atoms with E-state index in [9.17, 15) is 0 Å². The van der Waals surface area contributed by atoms with E-state index in [0.29, 0.717) is 6.04 Å². The van der Waals surface area contributed by atoms with Crippen molar-refractivity contribution in [3.8, 4) is 0 Å². The maximum atomic E-state index is 5.79. The molecule has 0 aromatic heterocycles. The minimum atomic E-state index is 0.591. The van der Waals surface area contributed by atoms with Crippen molar-refractivity contribution in [1.82, 2.24) is 4.90 Å². The molecule has 2 heteroatoms. The van der Waals surface area contributed by atoms with Crippen LogP contribution in [0.15, 0.2) is 24.3 Å². The molecule has 0 saturated carbocycles. The normalized spacial score (nSPS) is 11.3. The number of rotatable bonds is 6. The van der Waals surface area contributed by atoms with Gasteiger partial charge in [-0.05, 0) is 44.5 Å². The highest BCUT2D eigenvalue weighted by molar-refractivity contribution is 5.40. The average Bonchev–Trinajstić information content (AvgIpc) is 2.24. The van der Waals surface area contributed by atoms with Gasteiger partial charge in [-0.1, -0.05) is 25.5 Å². The molecular weight excluding hydrogens is 196 g/mol. The molecule has 1 rings (SSSR count). The summed E-state index contributed by atoms with van der Waals surface area (Å²) in [5, 5.41) is 0. The molecule has 0 radical (unpaired) electrons. The topological polar surface area (TPSA) is 29.3 Å². The third-order valence-electron chi connectivity index (χ3n) is 2.87. The molecule has 0 spiro atoms. The number of benzene rings is 1. The van der Waals surface area contributed by atoms with Gasteiger partial charge in [-0.15, -0.1) is 0 Å². The van der Waals surface area contributed by atoms with E-state index >= 15 is 0 Å². The van der Waals surface area contributed by atoms with Crippen LogP contribution in [0.1, 0.15) is 39.2 Å². The number of nitrogen functional groups attached to an aromatic ring is 1. The van der Waals surface area contributed by atoms with Gasteiger partial charge in [0.25, 0.3) is 0 Å². The number of hydrogen-bond acceptors (Lipinski definition) is 2. The fourth-order valence-electron chi connectivity index (χ4n) is 1.81. The Morgan fingerprint density at radius 3 is 2.62 bits per heavy atom. The number of hydrogen-bond donors (Lipinski definition) is 1. The summed E-state index contributed by atoms with van der Waals surface area (Å²) < 4.78 is 0. The van der Waals surface area contributed by atoms with E-state index in [0.717, 1.165) is 12.2 Å². The lowest BCUT2D eigenvalue weighted by atomic mass is 10.1. The minimum absolute atomic E-state index is 0.591. The fourth-order valence-corrected chi connectivity index (χ4v) is 1.81. The minimum Gasteiger partial charge on any atom is -0.399 e. The first kappa shape index (κ1) is 13.0. The van der Waals surface area contributed by atoms with Crippen LogP contribution in [-0.4, -0.2) is 17.5 Å². The van der Waals surface area contributed by atoms with Crippen molar-refractivity contribution in [3.63, 3.8) is 0 Å². The summed E-state index contributed by atoms with van der Waals surface area (Å²) in [6.07, 6.45) is 2.51. The molecule has 0 atom stereocenters. The summed E-state index contributed by atoms with van der Waals surface area (Å²) in [4.78, 5) is 2.50. The van der Waals surface area contributed by atoms with E-state index in [1.807, 2.05) is 12.1 Å². The highest BCUT2D eigenvalue weighted by atomic mass is 15.1. The van der Waals surface area contributed by atoms with Crippen LogP contribution in [0.25, 0.3) is 0 Å². The van der Waals surface area contributed by atoms with Gasteiger partial charge in [-0.2, -0.15) is 0 Å². The molecule has 0 saturated heterocycles. The van der Waals surface area contributed by atoms with Crippen molar-refractivity contribution in [2.24, 2.45) is 0 Å². The Labute approximate surface area is 99.5 Å². The Morgan fingerprint density at radius 2 is 2.06 bits per heavy atom. The molecular formula is C14H24N2. The molecule has 0 bridgehead atoms. The van der Waals surface area contributed by atoms with Gasteiger partial charge in [-0.3, -0.25) is 4.90 Å². The molecule has 0 aliphatic rings. The lowest BCUT2D eigenvalue weighted by Gasteiger charge is -2.26. The molecule has 1 aromatic carbocycles. The summed E-state index contributed by atoms with van der Waals surface area (Å²) in [6.45, 7) is 8.91. The predicted octanol–water partition coefficient (Wildman–Crippen LogP) is 3.28. The third-order valence-corrected chi connectivity index (χ3v) is 2.87. The third kappa shape index (κ3) is 4.23. The van der Waals surface area contributed by atoms with Crippen molar-refractivity contribution >= 4 is 5.69 Å². The maximum Gasteiger partial charge on any atom is 0.0317 e. The molecule has 0 aliphatic carbocycles. The van der Waals surface area contributed by atoms with Gasteiger partial charge in [0.1, 0.15) is 0 Å². The van der Waals surface area contributed by atoms with Gasteiger partial charge in [0.05, 0.1) is 0 Å². The van der Waals surface area contributed by atoms with Crippen LogP contribution in [0.2, 0.25) is 0 Å². The smallest absolute Gasteiger partial charge is 0.0317 e. The summed E-state index contributed by atoms with van der Waals surface area (Å²) in [5.74, 6) is 0. The zero-order valence-corrected chi connectivity index (χ0v) is 10.7. The Kier molecular flexibility index (Phi) is 5.33. The number of anilines is 1. The Hall–Kier alpha value is -1.02. The van der Waals surface area contributed by atoms with E-state index in [-0.39, 0.29) is 0 Å². The molecule has 90 valence electrons. The van der Waals surface area contributed by atoms with E-state index in [2.05, 4.69) is 37.8 Å². The van der Waals surface area contributed by atoms with Crippen molar-refractivity contribution in [2.75, 3.05) is 12.3 Å². The van der Waals surface area contributed by atoms with Crippen LogP contribution in [-0.2, 0) is 6.54 Å². The van der Waals surface area contributed by atoms with Crippen LogP contribution in [0, 0.1) is 0 Å². The number of nitrogens with two attached hydrogens (primary N) is 1. The summed E-state index contributed by atoms with van der Waals surface area (Å²) in [6, 6.07) is 8.78. The van der Waals surface area contributed by atoms with Crippen LogP contribution < -0.4 is 5.73 Å². The Balaban J connectivity index is 2.60. The van der Waals surface area contributed by atoms with Gasteiger partial charge in [0, 0.05) is 18.3 Å². The highest BCUT2D eigenvalue weighted by Crippen LogP contribution is 2.12. The van der Waals surface area contributed by atoms with Crippen LogP contribution in [0.5, 0.6) is 0 Å². The summed E-state index contributed by atoms with van der Waals surface area (Å²) in [5.41, 5.74) is 7.96. The molecule has 0 heterocycles. The van der Waals surface area contributed by atoms with Crippen LogP contribution in [0.3, 0.4) is 0 Å². The second-order valence-electron chi connectivity index (χ2n) is 4.66. The largest absolute Gasteiger partial charge is 0.399 e. The first-order valence-electron chi connectivity index (χ1n) is 6.22. The van der Waals surface area contributed by atoms with E-state index in [4.69, 9.17) is 5.73 Å². The molecule has 2 N–H and O–H groups in total. The molecule has 2 nitrogen and oxygen atoms in total. The zero-order valence-electron chi connectivity index (χ0n) is 10.7. The summed E-state index contributed by atoms with van der Waals surface area (Å²) >= 11 is 0. The van der Waals surface area contributed by atoms with Gasteiger partial charge in [0.15, 0.2) is 0 Å². The summed E-state index contributed by atoms with van der Waals surface area (Å²) in [7, 11) is 0. The quantitative estimate of drug-likeness (QED) is 0.745. The van der Waals surface area contributed by atoms with E-state index < -0.39 is 0 Å². The van der Waals surface area contributed by atoms with Gasteiger partial charge >= 0.3 is 0 Å². The lowest BCUT2D eigenvalue weighted by molar-refractivity contribution is 0.209. The maximum absolute atomic E-state index is 5.79. The molecule has 1 aromatic rings. The second-order valence-corrected chi connectivity index (χ2v) is 4.66. The molecule has 0 amide bonds. The van der Waals surface area contributed by atoms with E-state index in [1.165, 1.54) is 24.9 Å². The number of unbranched alkanes of at least 4 members (excludes halogenated alkanes) is 1. The van der Waals surface area contributed by atoms with Crippen molar-refractivity contribution < 1.29 is 0 Å². The zero-order chi connectivity index (χ0) is 12.0. The molecule has 0 fully saturated rings. The van der Waals surface area contributed by atoms with Crippen molar-refractivity contribution in [1.29, 1.82) is 0 Å². The van der Waals surface area contributed by atoms with Crippen LogP contribution >= 0.6 is 0 Å². The first-order valence-corrected chi connectivity index (χ1v) is 6.22. The number of nitrogens with zero attached hydrogens (tertiary/aromatic N) is 1. The first-order chi connectivity index (χ1) is 7.63. The van der Waals surface area contributed by atoms with Gasteiger partial charge < -0.3 is 5.73 Å². The highest BCUT2D eigenvalue weighted by Gasteiger charge is 2.09. The van der Waals surface area contributed by atoms with E-state index in [1.54, 1.807) is 0 Å². The lowest BCUT2D eigenvalue weighted by Crippen LogP contribution is -2.31. The predicted molar refractivity (Wildman–Crippen MR) is 71.3 cm³/mol. The Bertz CT molecular complexity index is 307. The SMILES string of the molecule is CCCCN(Cc1cccc(N)c1)C(C)C. The van der Waals surface area contributed by atoms with Crippen molar-refractivity contribution in [2.45, 2.75) is 46.2 Å². The monoisotopic (exact) mass is 220 g/mol. The fraction of sp³-hybridized carbons (Fsp3) is 0.571. The molecule has 0 unspecified atom stereocenters. The van der Waals surface area contributed by atoms with Gasteiger partial charge in [0.2, 0.25) is 0 Å². The molecule has 0 aliphatic heterocycles. The Morgan fingerprint density at radius 1 is 1.31 bits per heavy atom. The standard InChI is InChI=1S/C14H24N2/c1-4-5-9-16(12(2)3)11-13-7-6-8-14(15)10-13/h6-8,10,12H,4-5,9,11,15H2,1-3H3. The molecule has 16 heavy (non-hydrogen) atoms. The van der Waals surface area contributed by atoms with Crippen molar-refractivity contribution in [3.05, 3.63) is 29.8 Å². The second kappa shape index (κ2) is 6.54.